The van der Waals surface area contributed by atoms with E-state index < -0.39 is 5.79 Å². The van der Waals surface area contributed by atoms with Crippen LogP contribution in [0, 0.1) is 16.7 Å². The molecule has 0 aromatic rings. The average molecular weight is 332 g/mol. The maximum Gasteiger partial charge on any atom is 0.185 e. The van der Waals surface area contributed by atoms with Crippen molar-refractivity contribution in [1.29, 1.82) is 0 Å². The Morgan fingerprint density at radius 2 is 2.17 bits per heavy atom. The second-order valence-electron chi connectivity index (χ2n) is 8.14. The van der Waals surface area contributed by atoms with Gasteiger partial charge in [-0.05, 0) is 52.0 Å². The maximum atomic E-state index is 6.63. The van der Waals surface area contributed by atoms with Gasteiger partial charge < -0.3 is 14.2 Å². The summed E-state index contributed by atoms with van der Waals surface area (Å²) >= 11 is 0. The van der Waals surface area contributed by atoms with Gasteiger partial charge in [-0.15, -0.1) is 6.58 Å². The van der Waals surface area contributed by atoms with Crippen molar-refractivity contribution in [3.05, 3.63) is 36.1 Å². The molecule has 3 heteroatoms. The molecular weight excluding hydrogens is 300 g/mol. The molecule has 0 aromatic heterocycles. The van der Waals surface area contributed by atoms with E-state index in [1.165, 1.54) is 5.57 Å². The van der Waals surface area contributed by atoms with Crippen LogP contribution in [-0.4, -0.2) is 26.1 Å². The number of methoxy groups -OCH3 is 2. The van der Waals surface area contributed by atoms with Gasteiger partial charge in [0.1, 0.15) is 5.76 Å². The summed E-state index contributed by atoms with van der Waals surface area (Å²) < 4.78 is 18.6. The highest BCUT2D eigenvalue weighted by atomic mass is 16.7. The molecule has 1 aliphatic carbocycles. The van der Waals surface area contributed by atoms with Crippen LogP contribution in [0.1, 0.15) is 52.9 Å². The Morgan fingerprint density at radius 3 is 2.75 bits per heavy atom. The van der Waals surface area contributed by atoms with Crippen molar-refractivity contribution in [1.82, 2.24) is 0 Å². The first-order valence-corrected chi connectivity index (χ1v) is 9.12. The smallest absolute Gasteiger partial charge is 0.185 e. The lowest BCUT2D eigenvalue weighted by Gasteiger charge is -2.54. The van der Waals surface area contributed by atoms with E-state index in [-0.39, 0.29) is 16.9 Å². The summed E-state index contributed by atoms with van der Waals surface area (Å²) in [4.78, 5) is 0. The molecule has 3 rings (SSSR count). The van der Waals surface area contributed by atoms with Crippen molar-refractivity contribution < 1.29 is 14.2 Å². The molecule has 0 spiro atoms. The van der Waals surface area contributed by atoms with E-state index >= 15 is 0 Å². The molecule has 0 saturated carbocycles. The van der Waals surface area contributed by atoms with Crippen LogP contribution in [0.4, 0.5) is 0 Å². The van der Waals surface area contributed by atoms with Gasteiger partial charge in [-0.1, -0.05) is 24.6 Å². The Morgan fingerprint density at radius 1 is 1.42 bits per heavy atom. The van der Waals surface area contributed by atoms with Gasteiger partial charge in [-0.2, -0.15) is 0 Å². The van der Waals surface area contributed by atoms with Crippen LogP contribution >= 0.6 is 0 Å². The van der Waals surface area contributed by atoms with E-state index in [1.54, 1.807) is 14.2 Å². The lowest BCUT2D eigenvalue weighted by atomic mass is 9.51. The standard InChI is InChI=1S/C21H32O3/c1-7-12-20-14-18-19(4,13-8-9-15(2)3)16(10-11-17(20)22-5)21(20,23-6)24-18/h7,9,11,16,18H,1,8,10,12-14H2,2-6H3/t16-,18?,19+,20-,21+/m1/s1. The van der Waals surface area contributed by atoms with E-state index in [0.29, 0.717) is 5.92 Å². The molecule has 24 heavy (non-hydrogen) atoms. The van der Waals surface area contributed by atoms with Crippen LogP contribution in [0.2, 0.25) is 0 Å². The minimum absolute atomic E-state index is 0.141. The van der Waals surface area contributed by atoms with E-state index in [4.69, 9.17) is 14.2 Å². The number of ether oxygens (including phenoxy) is 3. The highest BCUT2D eigenvalue weighted by Crippen LogP contribution is 2.72. The zero-order valence-electron chi connectivity index (χ0n) is 15.9. The average Bonchev–Trinajstić information content (AvgIpc) is 3.00. The Bertz CT molecular complexity index is 574. The van der Waals surface area contributed by atoms with Crippen LogP contribution in [0.25, 0.3) is 0 Å². The molecule has 2 saturated heterocycles. The first kappa shape index (κ1) is 17.8. The molecule has 0 aromatic carbocycles. The molecule has 3 nitrogen and oxygen atoms in total. The molecule has 2 aliphatic heterocycles. The van der Waals surface area contributed by atoms with Crippen molar-refractivity contribution in [2.45, 2.75) is 64.8 Å². The van der Waals surface area contributed by atoms with Crippen LogP contribution < -0.4 is 0 Å². The van der Waals surface area contributed by atoms with Crippen molar-refractivity contribution in [3.63, 3.8) is 0 Å². The molecule has 2 bridgehead atoms. The third kappa shape index (κ3) is 2.10. The summed E-state index contributed by atoms with van der Waals surface area (Å²) in [7, 11) is 3.56. The number of allylic oxidation sites excluding steroid dienone is 4. The molecule has 0 amide bonds. The summed E-state index contributed by atoms with van der Waals surface area (Å²) in [6.07, 6.45) is 11.8. The first-order valence-electron chi connectivity index (χ1n) is 9.12. The fourth-order valence-corrected chi connectivity index (χ4v) is 5.63. The van der Waals surface area contributed by atoms with E-state index in [2.05, 4.69) is 39.5 Å². The topological polar surface area (TPSA) is 27.7 Å². The Balaban J connectivity index is 2.00. The van der Waals surface area contributed by atoms with Crippen LogP contribution in [0.3, 0.4) is 0 Å². The number of hydrogen-bond acceptors (Lipinski definition) is 3. The summed E-state index contributed by atoms with van der Waals surface area (Å²) in [5, 5.41) is 0. The molecular formula is C21H32O3. The summed E-state index contributed by atoms with van der Waals surface area (Å²) in [5.74, 6) is 0.804. The number of hydrogen-bond donors (Lipinski definition) is 0. The van der Waals surface area contributed by atoms with Crippen molar-refractivity contribution in [2.24, 2.45) is 16.7 Å². The normalized spacial score (nSPS) is 42.6. The van der Waals surface area contributed by atoms with Crippen molar-refractivity contribution >= 4 is 0 Å². The predicted molar refractivity (Wildman–Crippen MR) is 96.4 cm³/mol. The van der Waals surface area contributed by atoms with Gasteiger partial charge in [0.15, 0.2) is 5.79 Å². The van der Waals surface area contributed by atoms with Crippen LogP contribution in [-0.2, 0) is 14.2 Å². The number of rotatable bonds is 7. The molecule has 5 atom stereocenters. The van der Waals surface area contributed by atoms with Gasteiger partial charge in [0.2, 0.25) is 0 Å². The van der Waals surface area contributed by atoms with Crippen molar-refractivity contribution in [3.8, 4) is 0 Å². The highest BCUT2D eigenvalue weighted by molar-refractivity contribution is 5.32. The maximum absolute atomic E-state index is 6.63. The zero-order chi connectivity index (χ0) is 17.6. The van der Waals surface area contributed by atoms with E-state index in [9.17, 15) is 0 Å². The van der Waals surface area contributed by atoms with E-state index in [0.717, 1.165) is 37.9 Å². The van der Waals surface area contributed by atoms with Crippen LogP contribution in [0.5, 0.6) is 0 Å². The third-order valence-electron chi connectivity index (χ3n) is 6.77. The molecule has 1 unspecified atom stereocenters. The quantitative estimate of drug-likeness (QED) is 0.614. The summed E-state index contributed by atoms with van der Waals surface area (Å²) in [6, 6.07) is 0. The monoisotopic (exact) mass is 332 g/mol. The number of fused-ring (bicyclic) bond motifs is 1. The minimum Gasteiger partial charge on any atom is -0.501 e. The Hall–Kier alpha value is -1.06. The minimum atomic E-state index is -0.578. The molecule has 134 valence electrons. The molecule has 2 fully saturated rings. The second kappa shape index (κ2) is 6.03. The predicted octanol–water partition coefficient (Wildman–Crippen LogP) is 5.00. The first-order chi connectivity index (χ1) is 11.4. The zero-order valence-corrected chi connectivity index (χ0v) is 15.9. The highest BCUT2D eigenvalue weighted by Gasteiger charge is 2.77. The summed E-state index contributed by atoms with van der Waals surface area (Å²) in [6.45, 7) is 10.7. The lowest BCUT2D eigenvalue weighted by Crippen LogP contribution is -2.59. The van der Waals surface area contributed by atoms with Crippen LogP contribution in [0.15, 0.2) is 36.1 Å². The largest absolute Gasteiger partial charge is 0.501 e. The van der Waals surface area contributed by atoms with Crippen molar-refractivity contribution in [2.75, 3.05) is 14.2 Å². The van der Waals surface area contributed by atoms with E-state index in [1.807, 2.05) is 6.08 Å². The fraction of sp³-hybridized carbons (Fsp3) is 0.714. The molecule has 2 heterocycles. The fourth-order valence-electron chi connectivity index (χ4n) is 5.63. The SMILES string of the molecule is C=CC[C@]12CC3O[C@@]1(OC)[C@H](CC=C2OC)[C@]3(C)CCC=C(C)C. The molecule has 3 aliphatic rings. The van der Waals surface area contributed by atoms with Gasteiger partial charge >= 0.3 is 0 Å². The van der Waals surface area contributed by atoms with Gasteiger partial charge in [0, 0.05) is 18.4 Å². The van der Waals surface area contributed by atoms with Gasteiger partial charge in [-0.25, -0.2) is 0 Å². The Kier molecular flexibility index (Phi) is 4.46. The van der Waals surface area contributed by atoms with Gasteiger partial charge in [0.25, 0.3) is 0 Å². The lowest BCUT2D eigenvalue weighted by molar-refractivity contribution is -0.261. The second-order valence-corrected chi connectivity index (χ2v) is 8.14. The van der Waals surface area contributed by atoms with Gasteiger partial charge in [-0.3, -0.25) is 0 Å². The third-order valence-corrected chi connectivity index (χ3v) is 6.77. The summed E-state index contributed by atoms with van der Waals surface area (Å²) in [5.41, 5.74) is 1.31. The molecule has 0 radical (unpaired) electrons. The Labute approximate surface area is 146 Å². The van der Waals surface area contributed by atoms with Gasteiger partial charge in [0.05, 0.1) is 18.6 Å². The molecule has 0 N–H and O–H groups in total.